The standard InChI is InChI=1S/C22H16ClNO/c23-18-10-6-9-17(13-18)15-24-21-12-5-4-11-19(21)20(22(24)25)14-16-7-2-1-3-8-16/h1-14H,15H2. The van der Waals surface area contributed by atoms with Crippen molar-refractivity contribution in [1.82, 2.24) is 0 Å². The molecule has 25 heavy (non-hydrogen) atoms. The topological polar surface area (TPSA) is 20.3 Å². The minimum absolute atomic E-state index is 0.0185. The van der Waals surface area contributed by atoms with E-state index >= 15 is 0 Å². The lowest BCUT2D eigenvalue weighted by Crippen LogP contribution is -2.25. The lowest BCUT2D eigenvalue weighted by Gasteiger charge is -2.17. The summed E-state index contributed by atoms with van der Waals surface area (Å²) in [5, 5.41) is 0.678. The third-order valence-corrected chi connectivity index (χ3v) is 4.54. The number of halogens is 1. The summed E-state index contributed by atoms with van der Waals surface area (Å²) in [6, 6.07) is 25.5. The van der Waals surface area contributed by atoms with Crippen LogP contribution in [0.5, 0.6) is 0 Å². The highest BCUT2D eigenvalue weighted by Crippen LogP contribution is 2.38. The maximum absolute atomic E-state index is 13.1. The summed E-state index contributed by atoms with van der Waals surface area (Å²) in [6.45, 7) is 0.503. The van der Waals surface area contributed by atoms with E-state index in [0.29, 0.717) is 11.6 Å². The zero-order chi connectivity index (χ0) is 17.2. The van der Waals surface area contributed by atoms with Crippen molar-refractivity contribution >= 4 is 34.8 Å². The molecule has 0 saturated carbocycles. The first kappa shape index (κ1) is 15.7. The molecular weight excluding hydrogens is 330 g/mol. The van der Waals surface area contributed by atoms with E-state index in [1.807, 2.05) is 89.8 Å². The number of carbonyl (C=O) groups is 1. The van der Waals surface area contributed by atoms with Gasteiger partial charge in [0.25, 0.3) is 5.91 Å². The molecule has 0 saturated heterocycles. The number of amides is 1. The Labute approximate surface area is 152 Å². The van der Waals surface area contributed by atoms with E-state index < -0.39 is 0 Å². The van der Waals surface area contributed by atoms with E-state index in [2.05, 4.69) is 0 Å². The van der Waals surface area contributed by atoms with Crippen molar-refractivity contribution in [2.24, 2.45) is 0 Å². The van der Waals surface area contributed by atoms with Gasteiger partial charge in [-0.1, -0.05) is 72.3 Å². The zero-order valence-electron chi connectivity index (χ0n) is 13.5. The molecule has 0 spiro atoms. The Morgan fingerprint density at radius 2 is 1.64 bits per heavy atom. The first-order chi connectivity index (χ1) is 12.2. The smallest absolute Gasteiger partial charge is 0.259 e. The number of hydrogen-bond donors (Lipinski definition) is 0. The summed E-state index contributed by atoms with van der Waals surface area (Å²) in [6.07, 6.45) is 1.96. The van der Waals surface area contributed by atoms with Gasteiger partial charge in [0.05, 0.1) is 12.2 Å². The van der Waals surface area contributed by atoms with Gasteiger partial charge in [-0.25, -0.2) is 0 Å². The SMILES string of the molecule is O=C1C(=Cc2ccccc2)c2ccccc2N1Cc1cccc(Cl)c1. The molecule has 4 rings (SSSR count). The van der Waals surface area contributed by atoms with E-state index in [1.54, 1.807) is 0 Å². The lowest BCUT2D eigenvalue weighted by atomic mass is 10.0. The van der Waals surface area contributed by atoms with Gasteiger partial charge in [0.1, 0.15) is 0 Å². The van der Waals surface area contributed by atoms with Crippen molar-refractivity contribution in [2.45, 2.75) is 6.54 Å². The Bertz CT molecular complexity index is 963. The quantitative estimate of drug-likeness (QED) is 0.580. The highest BCUT2D eigenvalue weighted by molar-refractivity contribution is 6.35. The summed E-state index contributed by atoms with van der Waals surface area (Å²) in [5.74, 6) is 0.0185. The van der Waals surface area contributed by atoms with E-state index in [4.69, 9.17) is 11.6 Å². The lowest BCUT2D eigenvalue weighted by molar-refractivity contribution is -0.113. The third-order valence-electron chi connectivity index (χ3n) is 4.30. The van der Waals surface area contributed by atoms with Gasteiger partial charge in [-0.15, -0.1) is 0 Å². The van der Waals surface area contributed by atoms with Crippen molar-refractivity contribution in [3.05, 3.63) is 101 Å². The van der Waals surface area contributed by atoms with Gasteiger partial charge in [0.2, 0.25) is 0 Å². The second-order valence-electron chi connectivity index (χ2n) is 6.01. The summed E-state index contributed by atoms with van der Waals surface area (Å²) in [5.41, 5.74) is 4.67. The molecule has 0 aliphatic carbocycles. The predicted octanol–water partition coefficient (Wildman–Crippen LogP) is 5.43. The molecule has 122 valence electrons. The first-order valence-electron chi connectivity index (χ1n) is 8.15. The summed E-state index contributed by atoms with van der Waals surface area (Å²) < 4.78 is 0. The van der Waals surface area contributed by atoms with Crippen LogP contribution in [0.25, 0.3) is 11.6 Å². The minimum atomic E-state index is 0.0185. The Balaban J connectivity index is 1.75. The molecule has 0 fully saturated rings. The molecule has 1 aliphatic heterocycles. The minimum Gasteiger partial charge on any atom is -0.303 e. The van der Waals surface area contributed by atoms with Crippen LogP contribution in [0.3, 0.4) is 0 Å². The molecule has 0 radical (unpaired) electrons. The third kappa shape index (κ3) is 3.09. The van der Waals surface area contributed by atoms with Crippen LogP contribution in [0.15, 0.2) is 78.9 Å². The normalized spacial score (nSPS) is 14.8. The average Bonchev–Trinajstić information content (AvgIpc) is 2.89. The first-order valence-corrected chi connectivity index (χ1v) is 8.52. The molecular formula is C22H16ClNO. The van der Waals surface area contributed by atoms with Crippen molar-refractivity contribution in [3.8, 4) is 0 Å². The van der Waals surface area contributed by atoms with E-state index in [9.17, 15) is 4.79 Å². The highest BCUT2D eigenvalue weighted by atomic mass is 35.5. The number of rotatable bonds is 3. The Hall–Kier alpha value is -2.84. The molecule has 0 N–H and O–H groups in total. The van der Waals surface area contributed by atoms with E-state index in [0.717, 1.165) is 28.0 Å². The maximum Gasteiger partial charge on any atom is 0.259 e. The second-order valence-corrected chi connectivity index (χ2v) is 6.44. The molecule has 0 unspecified atom stereocenters. The van der Waals surface area contributed by atoms with E-state index in [1.165, 1.54) is 0 Å². The van der Waals surface area contributed by atoms with Crippen LogP contribution in [-0.2, 0) is 11.3 Å². The fourth-order valence-corrected chi connectivity index (χ4v) is 3.35. The van der Waals surface area contributed by atoms with Gasteiger partial charge < -0.3 is 4.90 Å². The second kappa shape index (κ2) is 6.58. The van der Waals surface area contributed by atoms with Gasteiger partial charge in [-0.05, 0) is 35.4 Å². The number of nitrogens with zero attached hydrogens (tertiary/aromatic N) is 1. The van der Waals surface area contributed by atoms with Gasteiger partial charge in [-0.3, -0.25) is 4.79 Å². The van der Waals surface area contributed by atoms with Crippen LogP contribution in [0.2, 0.25) is 5.02 Å². The van der Waals surface area contributed by atoms with E-state index in [-0.39, 0.29) is 5.91 Å². The van der Waals surface area contributed by atoms with Crippen molar-refractivity contribution in [1.29, 1.82) is 0 Å². The number of hydrogen-bond acceptors (Lipinski definition) is 1. The fraction of sp³-hybridized carbons (Fsp3) is 0.0455. The average molecular weight is 346 g/mol. The number of anilines is 1. The highest BCUT2D eigenvalue weighted by Gasteiger charge is 2.31. The number of benzene rings is 3. The van der Waals surface area contributed by atoms with Gasteiger partial charge in [0.15, 0.2) is 0 Å². The monoisotopic (exact) mass is 345 g/mol. The number of carbonyl (C=O) groups excluding carboxylic acids is 1. The van der Waals surface area contributed by atoms with Crippen LogP contribution >= 0.6 is 11.6 Å². The van der Waals surface area contributed by atoms with Crippen LogP contribution < -0.4 is 4.90 Å². The molecule has 0 atom stereocenters. The van der Waals surface area contributed by atoms with Gasteiger partial charge >= 0.3 is 0 Å². The molecule has 0 bridgehead atoms. The van der Waals surface area contributed by atoms with Crippen molar-refractivity contribution < 1.29 is 4.79 Å². The van der Waals surface area contributed by atoms with Gasteiger partial charge in [-0.2, -0.15) is 0 Å². The van der Waals surface area contributed by atoms with Gasteiger partial charge in [0, 0.05) is 16.2 Å². The van der Waals surface area contributed by atoms with Crippen LogP contribution in [0, 0.1) is 0 Å². The van der Waals surface area contributed by atoms with Crippen molar-refractivity contribution in [3.63, 3.8) is 0 Å². The molecule has 2 nitrogen and oxygen atoms in total. The summed E-state index contributed by atoms with van der Waals surface area (Å²) in [7, 11) is 0. The summed E-state index contributed by atoms with van der Waals surface area (Å²) >= 11 is 6.09. The predicted molar refractivity (Wildman–Crippen MR) is 103 cm³/mol. The van der Waals surface area contributed by atoms with Crippen LogP contribution in [-0.4, -0.2) is 5.91 Å². The Kier molecular flexibility index (Phi) is 4.12. The fourth-order valence-electron chi connectivity index (χ4n) is 3.14. The number of para-hydroxylation sites is 1. The van der Waals surface area contributed by atoms with Crippen LogP contribution in [0.1, 0.15) is 16.7 Å². The molecule has 1 aliphatic rings. The summed E-state index contributed by atoms with van der Waals surface area (Å²) in [4.78, 5) is 14.9. The molecule has 1 amide bonds. The molecule has 3 heteroatoms. The van der Waals surface area contributed by atoms with Crippen molar-refractivity contribution in [2.75, 3.05) is 4.90 Å². The van der Waals surface area contributed by atoms with Crippen LogP contribution in [0.4, 0.5) is 5.69 Å². The Morgan fingerprint density at radius 3 is 2.44 bits per heavy atom. The molecule has 1 heterocycles. The molecule has 3 aromatic carbocycles. The zero-order valence-corrected chi connectivity index (χ0v) is 14.3. The maximum atomic E-state index is 13.1. The molecule has 3 aromatic rings. The largest absolute Gasteiger partial charge is 0.303 e. The Morgan fingerprint density at radius 1 is 0.880 bits per heavy atom. The number of fused-ring (bicyclic) bond motifs is 1. The molecule has 0 aromatic heterocycles.